The van der Waals surface area contributed by atoms with E-state index in [9.17, 15) is 19.5 Å². The number of anilines is 1. The van der Waals surface area contributed by atoms with E-state index in [1.54, 1.807) is 43.3 Å². The Morgan fingerprint density at radius 1 is 1.07 bits per heavy atom. The van der Waals surface area contributed by atoms with E-state index in [2.05, 4.69) is 11.9 Å². The summed E-state index contributed by atoms with van der Waals surface area (Å²) in [7, 11) is 1.25. The second-order valence-corrected chi connectivity index (χ2v) is 10.7. The van der Waals surface area contributed by atoms with E-state index in [1.807, 2.05) is 6.92 Å². The monoisotopic (exact) mass is 608 g/mol. The average molecular weight is 609 g/mol. The van der Waals surface area contributed by atoms with E-state index >= 15 is 0 Å². The molecule has 1 amide bonds. The number of Topliss-reactive ketones (excluding diaryl/α,β-unsaturated/α-hetero) is 1. The number of aliphatic hydroxyl groups excluding tert-OH is 1. The highest BCUT2D eigenvalue weighted by molar-refractivity contribution is 7.17. The number of rotatable bonds is 10. The van der Waals surface area contributed by atoms with Crippen molar-refractivity contribution in [2.75, 3.05) is 38.4 Å². The molecule has 3 heterocycles. The van der Waals surface area contributed by atoms with E-state index in [1.165, 1.54) is 12.0 Å². The first kappa shape index (κ1) is 29.9. The van der Waals surface area contributed by atoms with Crippen LogP contribution in [0.15, 0.2) is 42.0 Å². The van der Waals surface area contributed by atoms with Gasteiger partial charge in [0.25, 0.3) is 5.78 Å². The van der Waals surface area contributed by atoms with Crippen LogP contribution in [0.25, 0.3) is 5.76 Å². The van der Waals surface area contributed by atoms with E-state index in [0.29, 0.717) is 60.7 Å². The number of benzene rings is 2. The van der Waals surface area contributed by atoms with Gasteiger partial charge in [-0.2, -0.15) is 0 Å². The molecule has 1 fully saturated rings. The number of nitrogens with zero attached hydrogens (tertiary/aromatic N) is 2. The quantitative estimate of drug-likeness (QED) is 0.107. The van der Waals surface area contributed by atoms with Crippen LogP contribution in [0.2, 0.25) is 0 Å². The molecular weight excluding hydrogens is 576 g/mol. The molecule has 0 bridgehead atoms. The Morgan fingerprint density at radius 3 is 2.56 bits per heavy atom. The number of carbonyl (C=O) groups excluding carboxylic acids is 3. The van der Waals surface area contributed by atoms with Crippen molar-refractivity contribution in [1.29, 1.82) is 0 Å². The number of methoxy groups -OCH3 is 1. The molecule has 2 aliphatic heterocycles. The number of aryl methyl sites for hydroxylation is 1. The lowest BCUT2D eigenvalue weighted by atomic mass is 9.95. The minimum Gasteiger partial charge on any atom is -0.507 e. The Morgan fingerprint density at radius 2 is 1.84 bits per heavy atom. The number of esters is 1. The number of ether oxygens (including phenoxy) is 5. The molecule has 43 heavy (non-hydrogen) atoms. The van der Waals surface area contributed by atoms with Crippen LogP contribution in [-0.4, -0.2) is 61.3 Å². The van der Waals surface area contributed by atoms with Gasteiger partial charge in [0.05, 0.1) is 37.6 Å². The largest absolute Gasteiger partial charge is 0.507 e. The molecule has 1 unspecified atom stereocenters. The van der Waals surface area contributed by atoms with Crippen LogP contribution in [-0.2, 0) is 14.3 Å². The molecule has 0 saturated carbocycles. The number of fused-ring (bicyclic) bond motifs is 1. The lowest BCUT2D eigenvalue weighted by Crippen LogP contribution is -2.29. The van der Waals surface area contributed by atoms with Crippen LogP contribution in [0.3, 0.4) is 0 Å². The van der Waals surface area contributed by atoms with Gasteiger partial charge < -0.3 is 28.8 Å². The van der Waals surface area contributed by atoms with Gasteiger partial charge in [0.2, 0.25) is 0 Å². The minimum atomic E-state index is -1.10. The van der Waals surface area contributed by atoms with Gasteiger partial charge in [-0.1, -0.05) is 30.7 Å². The molecule has 2 aromatic carbocycles. The molecule has 1 atom stereocenters. The number of aromatic nitrogens is 1. The summed E-state index contributed by atoms with van der Waals surface area (Å²) in [6.45, 7) is 7.08. The van der Waals surface area contributed by atoms with Crippen molar-refractivity contribution in [2.45, 2.75) is 39.7 Å². The SMILES string of the molecule is CCCCOc1ccc(C2/C(=C(\O)c3ccc4c(c3)OCCO4)C(=O)C(=O)N2c2nc(C)c(C(=O)OC)s2)cc1OCC. The van der Waals surface area contributed by atoms with Crippen molar-refractivity contribution in [3.63, 3.8) is 0 Å². The zero-order valence-electron chi connectivity index (χ0n) is 24.3. The highest BCUT2D eigenvalue weighted by Gasteiger charge is 2.48. The molecule has 1 aromatic heterocycles. The van der Waals surface area contributed by atoms with E-state index in [-0.39, 0.29) is 21.1 Å². The summed E-state index contributed by atoms with van der Waals surface area (Å²) in [6, 6.07) is 8.80. The van der Waals surface area contributed by atoms with Gasteiger partial charge in [-0.3, -0.25) is 14.5 Å². The van der Waals surface area contributed by atoms with E-state index in [0.717, 1.165) is 24.2 Å². The van der Waals surface area contributed by atoms with E-state index in [4.69, 9.17) is 23.7 Å². The molecule has 1 N–H and O–H groups in total. The fourth-order valence-corrected chi connectivity index (χ4v) is 5.88. The van der Waals surface area contributed by atoms with Crippen LogP contribution in [0.1, 0.15) is 59.2 Å². The number of unbranched alkanes of at least 4 members (excludes halogenated alkanes) is 1. The molecule has 5 rings (SSSR count). The molecule has 0 spiro atoms. The Labute approximate surface area is 252 Å². The van der Waals surface area contributed by atoms with Crippen molar-refractivity contribution in [1.82, 2.24) is 4.98 Å². The first-order chi connectivity index (χ1) is 20.8. The Kier molecular flexibility index (Phi) is 8.86. The summed E-state index contributed by atoms with van der Waals surface area (Å²) in [6.07, 6.45) is 1.81. The minimum absolute atomic E-state index is 0.104. The van der Waals surface area contributed by atoms with Crippen molar-refractivity contribution in [3.8, 4) is 23.0 Å². The maximum absolute atomic E-state index is 13.7. The van der Waals surface area contributed by atoms with Crippen LogP contribution in [0.5, 0.6) is 23.0 Å². The van der Waals surface area contributed by atoms with Crippen molar-refractivity contribution in [3.05, 3.63) is 63.7 Å². The third kappa shape index (κ3) is 5.74. The zero-order chi connectivity index (χ0) is 30.7. The van der Waals surface area contributed by atoms with Gasteiger partial charge in [0, 0.05) is 5.56 Å². The highest BCUT2D eigenvalue weighted by atomic mass is 32.1. The van der Waals surface area contributed by atoms with Gasteiger partial charge in [-0.15, -0.1) is 0 Å². The van der Waals surface area contributed by atoms with Crippen molar-refractivity contribution in [2.24, 2.45) is 0 Å². The van der Waals surface area contributed by atoms with Crippen LogP contribution in [0.4, 0.5) is 5.13 Å². The smallest absolute Gasteiger partial charge is 0.350 e. The number of hydrogen-bond acceptors (Lipinski definition) is 11. The van der Waals surface area contributed by atoms with E-state index < -0.39 is 29.5 Å². The number of aliphatic hydroxyl groups is 1. The second-order valence-electron chi connectivity index (χ2n) is 9.77. The van der Waals surface area contributed by atoms with Crippen LogP contribution in [0, 0.1) is 6.92 Å². The predicted molar refractivity (Wildman–Crippen MR) is 158 cm³/mol. The van der Waals surface area contributed by atoms with Gasteiger partial charge in [-0.25, -0.2) is 9.78 Å². The van der Waals surface area contributed by atoms with Gasteiger partial charge in [0.1, 0.15) is 23.9 Å². The summed E-state index contributed by atoms with van der Waals surface area (Å²) in [4.78, 5) is 45.5. The average Bonchev–Trinajstić information content (AvgIpc) is 3.53. The van der Waals surface area contributed by atoms with Crippen LogP contribution >= 0.6 is 11.3 Å². The van der Waals surface area contributed by atoms with Crippen molar-refractivity contribution < 1.29 is 43.2 Å². The maximum Gasteiger partial charge on any atom is 0.350 e. The molecule has 0 radical (unpaired) electrons. The lowest BCUT2D eigenvalue weighted by Gasteiger charge is -2.24. The summed E-state index contributed by atoms with van der Waals surface area (Å²) in [5.41, 5.74) is 0.921. The standard InChI is InChI=1S/C31H32N2O9S/c1-5-7-12-40-20-10-8-18(15-22(20)39-6-2)25-24(26(34)19-9-11-21-23(16-19)42-14-13-41-21)27(35)29(36)33(25)31-32-17(3)28(43-31)30(37)38-4/h8-11,15-16,25,34H,5-7,12-14H2,1-4H3/b26-24+. The highest BCUT2D eigenvalue weighted by Crippen LogP contribution is 2.46. The third-order valence-corrected chi connectivity index (χ3v) is 8.10. The maximum atomic E-state index is 13.7. The normalized spacial score (nSPS) is 17.2. The lowest BCUT2D eigenvalue weighted by molar-refractivity contribution is -0.132. The molecule has 2 aliphatic rings. The third-order valence-electron chi connectivity index (χ3n) is 6.96. The molecule has 11 nitrogen and oxygen atoms in total. The first-order valence-corrected chi connectivity index (χ1v) is 14.8. The number of amides is 1. The number of ketones is 1. The topological polar surface area (TPSA) is 134 Å². The molecule has 226 valence electrons. The summed E-state index contributed by atoms with van der Waals surface area (Å²) >= 11 is 0.924. The second kappa shape index (κ2) is 12.7. The first-order valence-electron chi connectivity index (χ1n) is 13.9. The zero-order valence-corrected chi connectivity index (χ0v) is 25.1. The molecule has 0 aliphatic carbocycles. The number of hydrogen-bond donors (Lipinski definition) is 1. The molecule has 3 aromatic rings. The summed E-state index contributed by atoms with van der Waals surface area (Å²) in [5.74, 6) is -0.975. The fraction of sp³-hybridized carbons (Fsp3) is 0.355. The predicted octanol–water partition coefficient (Wildman–Crippen LogP) is 5.21. The fourth-order valence-electron chi connectivity index (χ4n) is 4.87. The van der Waals surface area contributed by atoms with Gasteiger partial charge in [0.15, 0.2) is 28.1 Å². The summed E-state index contributed by atoms with van der Waals surface area (Å²) < 4.78 is 27.9. The Balaban J connectivity index is 1.68. The summed E-state index contributed by atoms with van der Waals surface area (Å²) in [5, 5.41) is 11.7. The van der Waals surface area contributed by atoms with Gasteiger partial charge in [-0.05, 0) is 56.2 Å². The Bertz CT molecular complexity index is 1600. The molecule has 12 heteroatoms. The number of carbonyl (C=O) groups is 3. The van der Waals surface area contributed by atoms with Crippen molar-refractivity contribution >= 4 is 39.9 Å². The number of thiazole rings is 1. The van der Waals surface area contributed by atoms with Crippen LogP contribution < -0.4 is 23.8 Å². The van der Waals surface area contributed by atoms with Gasteiger partial charge >= 0.3 is 11.9 Å². The Hall–Kier alpha value is -4.58. The molecular formula is C31H32N2O9S. The molecule has 1 saturated heterocycles.